The molecule has 2 amide bonds. The highest BCUT2D eigenvalue weighted by Gasteiger charge is 2.21. The summed E-state index contributed by atoms with van der Waals surface area (Å²) < 4.78 is 1.75. The largest absolute Gasteiger partial charge is 0.346 e. The number of para-hydroxylation sites is 1. The van der Waals surface area contributed by atoms with E-state index in [2.05, 4.69) is 51.7 Å². The maximum Gasteiger partial charge on any atom is 0.324 e. The van der Waals surface area contributed by atoms with E-state index in [-0.39, 0.29) is 11.4 Å². The number of rotatable bonds is 5. The van der Waals surface area contributed by atoms with Crippen LogP contribution < -0.4 is 16.0 Å². The number of carbonyl (C=O) groups excluding carboxylic acids is 1. The van der Waals surface area contributed by atoms with Gasteiger partial charge in [-0.25, -0.2) is 19.4 Å². The van der Waals surface area contributed by atoms with E-state index in [0.717, 1.165) is 28.1 Å². The minimum atomic E-state index is -0.354. The molecule has 5 aromatic rings. The highest BCUT2D eigenvalue weighted by atomic mass is 16.2. The molecule has 3 heterocycles. The Morgan fingerprint density at radius 1 is 0.914 bits per heavy atom. The number of amides is 2. The van der Waals surface area contributed by atoms with Gasteiger partial charge in [-0.2, -0.15) is 5.10 Å². The molecule has 0 bridgehead atoms. The number of nitrogens with one attached hydrogen (secondary N) is 4. The molecule has 0 aliphatic carbocycles. The predicted molar refractivity (Wildman–Crippen MR) is 139 cm³/mol. The van der Waals surface area contributed by atoms with Gasteiger partial charge in [-0.3, -0.25) is 5.32 Å². The molecule has 0 unspecified atom stereocenters. The van der Waals surface area contributed by atoms with Crippen LogP contribution in [0, 0.1) is 0 Å². The zero-order valence-corrected chi connectivity index (χ0v) is 19.7. The van der Waals surface area contributed by atoms with Gasteiger partial charge in [0.05, 0.1) is 16.8 Å². The third kappa shape index (κ3) is 4.84. The van der Waals surface area contributed by atoms with Crippen LogP contribution in [0.5, 0.6) is 0 Å². The van der Waals surface area contributed by atoms with Crippen molar-refractivity contribution in [2.45, 2.75) is 26.2 Å². The van der Waals surface area contributed by atoms with Crippen LogP contribution in [0.25, 0.3) is 16.7 Å². The number of nitrogens with zero attached hydrogens (tertiary/aromatic N) is 4. The van der Waals surface area contributed by atoms with Crippen molar-refractivity contribution in [1.82, 2.24) is 24.7 Å². The molecule has 0 radical (unpaired) electrons. The van der Waals surface area contributed by atoms with E-state index < -0.39 is 0 Å². The van der Waals surface area contributed by atoms with E-state index in [9.17, 15) is 4.79 Å². The average Bonchev–Trinajstić information content (AvgIpc) is 3.49. The van der Waals surface area contributed by atoms with E-state index >= 15 is 0 Å². The molecular formula is C26H26N8O. The Balaban J connectivity index is 1.30. The standard InChI is InChI=1S/C26H26N8O/c1-26(2,3)21-15-22(34(33-21)19-7-5-4-6-8-19)32-25(35)31-18-11-9-17(10-12-18)30-24-20-13-14-27-23(20)28-16-29-24/h4-16H,1-3H3,(H2,31,32,35)(H2,27,28,29,30). The molecule has 9 nitrogen and oxygen atoms in total. The average molecular weight is 467 g/mol. The molecule has 35 heavy (non-hydrogen) atoms. The molecule has 0 aliphatic heterocycles. The zero-order valence-electron chi connectivity index (χ0n) is 19.7. The van der Waals surface area contributed by atoms with Crippen molar-refractivity contribution in [3.8, 4) is 5.69 Å². The van der Waals surface area contributed by atoms with E-state index in [1.165, 1.54) is 6.33 Å². The first kappa shape index (κ1) is 22.1. The number of hydrogen-bond acceptors (Lipinski definition) is 5. The summed E-state index contributed by atoms with van der Waals surface area (Å²) in [4.78, 5) is 24.4. The normalized spacial score (nSPS) is 11.4. The molecule has 2 aromatic carbocycles. The van der Waals surface area contributed by atoms with Crippen LogP contribution in [-0.2, 0) is 5.41 Å². The van der Waals surface area contributed by atoms with Crippen LogP contribution in [0.4, 0.5) is 27.8 Å². The summed E-state index contributed by atoms with van der Waals surface area (Å²) in [6.07, 6.45) is 3.33. The molecule has 0 atom stereocenters. The molecule has 176 valence electrons. The van der Waals surface area contributed by atoms with Gasteiger partial charge in [0.25, 0.3) is 0 Å². The zero-order chi connectivity index (χ0) is 24.4. The number of hydrogen-bond donors (Lipinski definition) is 4. The summed E-state index contributed by atoms with van der Waals surface area (Å²) in [5, 5.41) is 14.7. The topological polar surface area (TPSA) is 113 Å². The lowest BCUT2D eigenvalue weighted by molar-refractivity contribution is 0.262. The highest BCUT2D eigenvalue weighted by molar-refractivity contribution is 5.99. The molecule has 0 saturated carbocycles. The van der Waals surface area contributed by atoms with Gasteiger partial charge < -0.3 is 15.6 Å². The number of anilines is 4. The highest BCUT2D eigenvalue weighted by Crippen LogP contribution is 2.27. The van der Waals surface area contributed by atoms with Gasteiger partial charge in [0, 0.05) is 29.1 Å². The van der Waals surface area contributed by atoms with Crippen molar-refractivity contribution >= 4 is 40.1 Å². The number of fused-ring (bicyclic) bond motifs is 1. The van der Waals surface area contributed by atoms with E-state index in [1.807, 2.05) is 72.9 Å². The Labute approximate surface area is 202 Å². The van der Waals surface area contributed by atoms with Gasteiger partial charge in [-0.1, -0.05) is 39.0 Å². The molecular weight excluding hydrogens is 440 g/mol. The van der Waals surface area contributed by atoms with Crippen LogP contribution in [0.15, 0.2) is 79.3 Å². The molecule has 5 rings (SSSR count). The van der Waals surface area contributed by atoms with Crippen LogP contribution in [0.3, 0.4) is 0 Å². The molecule has 9 heteroatoms. The Morgan fingerprint density at radius 3 is 2.40 bits per heavy atom. The van der Waals surface area contributed by atoms with Crippen molar-refractivity contribution in [1.29, 1.82) is 0 Å². The number of urea groups is 1. The van der Waals surface area contributed by atoms with Gasteiger partial charge in [0.2, 0.25) is 0 Å². The number of benzene rings is 2. The Hall–Kier alpha value is -4.66. The fraction of sp³-hybridized carbons (Fsp3) is 0.154. The van der Waals surface area contributed by atoms with Gasteiger partial charge >= 0.3 is 6.03 Å². The summed E-state index contributed by atoms with van der Waals surface area (Å²) in [7, 11) is 0. The summed E-state index contributed by atoms with van der Waals surface area (Å²) in [6, 6.07) is 20.6. The number of aromatic amines is 1. The van der Waals surface area contributed by atoms with Crippen molar-refractivity contribution in [3.05, 3.63) is 84.9 Å². The summed E-state index contributed by atoms with van der Waals surface area (Å²) >= 11 is 0. The van der Waals surface area contributed by atoms with Crippen LogP contribution in [0.1, 0.15) is 26.5 Å². The monoisotopic (exact) mass is 466 g/mol. The maximum atomic E-state index is 12.8. The van der Waals surface area contributed by atoms with Gasteiger partial charge in [-0.05, 0) is 42.5 Å². The second kappa shape index (κ2) is 8.94. The lowest BCUT2D eigenvalue weighted by Crippen LogP contribution is -2.21. The second-order valence-corrected chi connectivity index (χ2v) is 9.16. The number of H-pyrrole nitrogens is 1. The minimum absolute atomic E-state index is 0.161. The van der Waals surface area contributed by atoms with Gasteiger partial charge in [-0.15, -0.1) is 0 Å². The Morgan fingerprint density at radius 2 is 1.66 bits per heavy atom. The fourth-order valence-corrected chi connectivity index (χ4v) is 3.63. The van der Waals surface area contributed by atoms with Crippen molar-refractivity contribution in [2.24, 2.45) is 0 Å². The molecule has 0 spiro atoms. The van der Waals surface area contributed by atoms with Crippen molar-refractivity contribution < 1.29 is 4.79 Å². The van der Waals surface area contributed by atoms with E-state index in [0.29, 0.717) is 17.3 Å². The lowest BCUT2D eigenvalue weighted by Gasteiger charge is -2.14. The van der Waals surface area contributed by atoms with Crippen LogP contribution >= 0.6 is 0 Å². The molecule has 0 saturated heterocycles. The molecule has 4 N–H and O–H groups in total. The van der Waals surface area contributed by atoms with Gasteiger partial charge in [0.15, 0.2) is 0 Å². The minimum Gasteiger partial charge on any atom is -0.346 e. The number of aromatic nitrogens is 5. The first-order chi connectivity index (χ1) is 16.9. The third-order valence-electron chi connectivity index (χ3n) is 5.48. The Kier molecular flexibility index (Phi) is 5.66. The summed E-state index contributed by atoms with van der Waals surface area (Å²) in [6.45, 7) is 6.27. The second-order valence-electron chi connectivity index (χ2n) is 9.16. The first-order valence-electron chi connectivity index (χ1n) is 11.3. The number of carbonyl (C=O) groups is 1. The van der Waals surface area contributed by atoms with Crippen LogP contribution in [0.2, 0.25) is 0 Å². The molecule has 3 aromatic heterocycles. The summed E-state index contributed by atoms with van der Waals surface area (Å²) in [5.41, 5.74) is 3.86. The quantitative estimate of drug-likeness (QED) is 0.260. The predicted octanol–water partition coefficient (Wildman–Crippen LogP) is 5.83. The van der Waals surface area contributed by atoms with E-state index in [4.69, 9.17) is 5.10 Å². The molecule has 0 fully saturated rings. The third-order valence-corrected chi connectivity index (χ3v) is 5.48. The van der Waals surface area contributed by atoms with Crippen molar-refractivity contribution in [3.63, 3.8) is 0 Å². The van der Waals surface area contributed by atoms with Gasteiger partial charge in [0.1, 0.15) is 23.6 Å². The van der Waals surface area contributed by atoms with E-state index in [1.54, 1.807) is 4.68 Å². The van der Waals surface area contributed by atoms with Crippen molar-refractivity contribution in [2.75, 3.05) is 16.0 Å². The lowest BCUT2D eigenvalue weighted by atomic mass is 9.92. The first-order valence-corrected chi connectivity index (χ1v) is 11.3. The summed E-state index contributed by atoms with van der Waals surface area (Å²) in [5.74, 6) is 1.30. The maximum absolute atomic E-state index is 12.8. The fourth-order valence-electron chi connectivity index (χ4n) is 3.63. The smallest absolute Gasteiger partial charge is 0.324 e. The SMILES string of the molecule is CC(C)(C)c1cc(NC(=O)Nc2ccc(Nc3ncnc4[nH]ccc34)cc2)n(-c2ccccc2)n1. The Bertz CT molecular complexity index is 1460. The van der Waals surface area contributed by atoms with Crippen LogP contribution in [-0.4, -0.2) is 30.8 Å². The molecule has 0 aliphatic rings.